The molecule has 0 heterocycles. The first-order valence-corrected chi connectivity index (χ1v) is 6.59. The van der Waals surface area contributed by atoms with Crippen LogP contribution in [0, 0.1) is 0 Å². The number of nitrogens with two attached hydrogens (primary N) is 1. The Morgan fingerprint density at radius 3 is 2.14 bits per heavy atom. The quantitative estimate of drug-likeness (QED) is 0.581. The molecule has 0 saturated heterocycles. The van der Waals surface area contributed by atoms with Gasteiger partial charge in [-0.3, -0.25) is 4.72 Å². The monoisotopic (exact) mass is 337 g/mol. The zero-order chi connectivity index (χ0) is 16.5. The smallest absolute Gasteiger partial charge is 0.399 e. The highest BCUT2D eigenvalue weighted by Gasteiger charge is 2.35. The molecule has 0 saturated carbocycles. The largest absolute Gasteiger partial charge is 0.418 e. The van der Waals surface area contributed by atoms with Gasteiger partial charge in [-0.1, -0.05) is 0 Å². The van der Waals surface area contributed by atoms with Crippen molar-refractivity contribution < 1.29 is 34.8 Å². The molecule has 0 aliphatic rings. The van der Waals surface area contributed by atoms with E-state index in [9.17, 15) is 34.8 Å². The second-order valence-corrected chi connectivity index (χ2v) is 5.34. The van der Waals surface area contributed by atoms with E-state index in [0.29, 0.717) is 12.1 Å². The summed E-state index contributed by atoms with van der Waals surface area (Å²) in [6.45, 7) is -1.92. The van der Waals surface area contributed by atoms with Crippen molar-refractivity contribution in [3.63, 3.8) is 0 Å². The fourth-order valence-corrected chi connectivity index (χ4v) is 2.14. The van der Waals surface area contributed by atoms with Gasteiger partial charge in [-0.05, 0) is 18.2 Å². The van der Waals surface area contributed by atoms with Gasteiger partial charge >= 0.3 is 12.4 Å². The van der Waals surface area contributed by atoms with Gasteiger partial charge in [0.25, 0.3) is 10.2 Å². The second kappa shape index (κ2) is 5.60. The molecule has 1 aromatic carbocycles. The van der Waals surface area contributed by atoms with E-state index in [1.54, 1.807) is 0 Å². The molecule has 0 aromatic heterocycles. The summed E-state index contributed by atoms with van der Waals surface area (Å²) in [7, 11) is -4.82. The van der Waals surface area contributed by atoms with Crippen molar-refractivity contribution in [2.75, 3.05) is 17.0 Å². The van der Waals surface area contributed by atoms with Crippen molar-refractivity contribution in [3.8, 4) is 0 Å². The Hall–Kier alpha value is -1.69. The summed E-state index contributed by atoms with van der Waals surface area (Å²) < 4.78 is 98.8. The molecule has 120 valence electrons. The van der Waals surface area contributed by atoms with E-state index in [4.69, 9.17) is 5.73 Å². The summed E-state index contributed by atoms with van der Waals surface area (Å²) in [5.74, 6) is 0. The van der Waals surface area contributed by atoms with Crippen molar-refractivity contribution in [1.82, 2.24) is 4.72 Å². The van der Waals surface area contributed by atoms with Gasteiger partial charge < -0.3 is 5.73 Å². The van der Waals surface area contributed by atoms with Crippen LogP contribution < -0.4 is 15.2 Å². The number of anilines is 2. The van der Waals surface area contributed by atoms with Crippen molar-refractivity contribution in [2.24, 2.45) is 0 Å². The van der Waals surface area contributed by atoms with Crippen LogP contribution in [0.1, 0.15) is 5.56 Å². The number of rotatable bonds is 4. The average Bonchev–Trinajstić information content (AvgIpc) is 2.27. The minimum absolute atomic E-state index is 0.284. The van der Waals surface area contributed by atoms with Crippen LogP contribution in [0.15, 0.2) is 18.2 Å². The van der Waals surface area contributed by atoms with Crippen LogP contribution in [0.25, 0.3) is 0 Å². The predicted octanol–water partition coefficient (Wildman–Crippen LogP) is 2.10. The van der Waals surface area contributed by atoms with Gasteiger partial charge in [-0.25, -0.2) is 0 Å². The van der Waals surface area contributed by atoms with Gasteiger partial charge in [0.05, 0.1) is 11.3 Å². The van der Waals surface area contributed by atoms with E-state index in [-0.39, 0.29) is 5.69 Å². The molecule has 0 amide bonds. The first-order chi connectivity index (χ1) is 9.30. The average molecular weight is 337 g/mol. The van der Waals surface area contributed by atoms with E-state index in [1.807, 2.05) is 0 Å². The Labute approximate surface area is 115 Å². The van der Waals surface area contributed by atoms with E-state index < -0.39 is 40.4 Å². The zero-order valence-corrected chi connectivity index (χ0v) is 10.8. The maximum Gasteiger partial charge on any atom is 0.418 e. The van der Waals surface area contributed by atoms with Gasteiger partial charge in [0.15, 0.2) is 0 Å². The van der Waals surface area contributed by atoms with Crippen LogP contribution in [-0.4, -0.2) is 21.1 Å². The van der Waals surface area contributed by atoms with Crippen molar-refractivity contribution in [2.45, 2.75) is 12.4 Å². The Balaban J connectivity index is 3.03. The van der Waals surface area contributed by atoms with Crippen LogP contribution in [0.2, 0.25) is 0 Å². The summed E-state index contributed by atoms with van der Waals surface area (Å²) >= 11 is 0. The number of halogens is 6. The van der Waals surface area contributed by atoms with Gasteiger partial charge in [0.2, 0.25) is 0 Å². The molecular weight excluding hydrogens is 328 g/mol. The Morgan fingerprint density at radius 1 is 1.10 bits per heavy atom. The van der Waals surface area contributed by atoms with Crippen LogP contribution in [0.4, 0.5) is 37.7 Å². The molecular formula is C9H9F6N3O2S. The van der Waals surface area contributed by atoms with Gasteiger partial charge in [0, 0.05) is 5.69 Å². The summed E-state index contributed by atoms with van der Waals surface area (Å²) in [4.78, 5) is 0. The molecule has 0 fully saturated rings. The summed E-state index contributed by atoms with van der Waals surface area (Å²) in [5, 5.41) is 0. The first-order valence-electron chi connectivity index (χ1n) is 5.11. The molecule has 5 nitrogen and oxygen atoms in total. The molecule has 4 N–H and O–H groups in total. The Bertz CT molecular complexity index is 611. The highest BCUT2D eigenvalue weighted by molar-refractivity contribution is 7.90. The minimum atomic E-state index is -4.93. The normalized spacial score (nSPS) is 13.2. The lowest BCUT2D eigenvalue weighted by Crippen LogP contribution is -2.37. The molecule has 0 spiro atoms. The maximum atomic E-state index is 12.7. The Kier molecular flexibility index (Phi) is 4.63. The number of alkyl halides is 6. The zero-order valence-electron chi connectivity index (χ0n) is 10.0. The molecule has 0 aliphatic heterocycles. The fraction of sp³-hybridized carbons (Fsp3) is 0.333. The molecule has 12 heteroatoms. The van der Waals surface area contributed by atoms with Gasteiger partial charge in [-0.2, -0.15) is 39.5 Å². The number of nitrogen functional groups attached to an aromatic ring is 1. The lowest BCUT2D eigenvalue weighted by atomic mass is 10.1. The highest BCUT2D eigenvalue weighted by Crippen LogP contribution is 2.36. The van der Waals surface area contributed by atoms with Gasteiger partial charge in [-0.15, -0.1) is 0 Å². The summed E-state index contributed by atoms with van der Waals surface area (Å²) in [6, 6.07) is 2.13. The summed E-state index contributed by atoms with van der Waals surface area (Å²) in [5.41, 5.74) is 2.52. The Morgan fingerprint density at radius 2 is 1.67 bits per heavy atom. The predicted molar refractivity (Wildman–Crippen MR) is 62.5 cm³/mol. The number of hydrogen-bond acceptors (Lipinski definition) is 3. The third-order valence-corrected chi connectivity index (χ3v) is 3.07. The molecule has 0 bridgehead atoms. The molecule has 0 atom stereocenters. The molecule has 1 aromatic rings. The highest BCUT2D eigenvalue weighted by atomic mass is 32.2. The van der Waals surface area contributed by atoms with Crippen LogP contribution >= 0.6 is 0 Å². The van der Waals surface area contributed by atoms with Crippen LogP contribution in [0.5, 0.6) is 0 Å². The van der Waals surface area contributed by atoms with Gasteiger partial charge in [0.1, 0.15) is 6.54 Å². The lowest BCUT2D eigenvalue weighted by Gasteiger charge is -2.16. The second-order valence-electron chi connectivity index (χ2n) is 3.84. The van der Waals surface area contributed by atoms with Crippen molar-refractivity contribution in [3.05, 3.63) is 23.8 Å². The van der Waals surface area contributed by atoms with E-state index in [1.165, 1.54) is 4.72 Å². The molecule has 21 heavy (non-hydrogen) atoms. The lowest BCUT2D eigenvalue weighted by molar-refractivity contribution is -0.136. The topological polar surface area (TPSA) is 84.2 Å². The SMILES string of the molecule is Nc1ccc(NS(=O)(=O)NCC(F)(F)F)c(C(F)(F)F)c1. The third-order valence-electron chi connectivity index (χ3n) is 2.06. The fourth-order valence-electron chi connectivity index (χ4n) is 1.24. The van der Waals surface area contributed by atoms with E-state index in [2.05, 4.69) is 0 Å². The van der Waals surface area contributed by atoms with Crippen LogP contribution in [0.3, 0.4) is 0 Å². The molecule has 0 unspecified atom stereocenters. The standard InChI is InChI=1S/C9H9F6N3O2S/c10-8(11,12)4-17-21(19,20)18-7-2-1-5(16)3-6(7)9(13,14)15/h1-3,17-18H,4,16H2. The number of benzene rings is 1. The molecule has 0 radical (unpaired) electrons. The van der Waals surface area contributed by atoms with E-state index in [0.717, 1.165) is 10.8 Å². The number of hydrogen-bond donors (Lipinski definition) is 3. The number of nitrogens with one attached hydrogen (secondary N) is 2. The van der Waals surface area contributed by atoms with Crippen molar-refractivity contribution in [1.29, 1.82) is 0 Å². The van der Waals surface area contributed by atoms with Crippen LogP contribution in [-0.2, 0) is 16.4 Å². The van der Waals surface area contributed by atoms with E-state index >= 15 is 0 Å². The first kappa shape index (κ1) is 17.4. The molecule has 0 aliphatic carbocycles. The van der Waals surface area contributed by atoms with Crippen molar-refractivity contribution >= 4 is 21.6 Å². The third kappa shape index (κ3) is 5.67. The molecule has 1 rings (SSSR count). The maximum absolute atomic E-state index is 12.7. The summed E-state index contributed by atoms with van der Waals surface area (Å²) in [6.07, 6.45) is -9.78. The minimum Gasteiger partial charge on any atom is -0.399 e.